The lowest BCUT2D eigenvalue weighted by molar-refractivity contribution is -0.385. The lowest BCUT2D eigenvalue weighted by atomic mass is 10.2. The Labute approximate surface area is 213 Å². The molecule has 1 amide bonds. The Hall–Kier alpha value is -4.45. The van der Waals surface area contributed by atoms with Crippen molar-refractivity contribution in [3.8, 4) is 23.0 Å². The number of benzene rings is 3. The summed E-state index contributed by atoms with van der Waals surface area (Å²) >= 11 is 3.16. The molecule has 0 saturated carbocycles. The van der Waals surface area contributed by atoms with E-state index in [0.29, 0.717) is 21.3 Å². The predicted octanol–water partition coefficient (Wildman–Crippen LogP) is 4.12. The molecule has 0 atom stereocenters. The summed E-state index contributed by atoms with van der Waals surface area (Å²) in [6.45, 7) is -0.365. The molecule has 0 radical (unpaired) electrons. The number of non-ortho nitro benzene ring substituents is 1. The average molecular weight is 558 g/mol. The van der Waals surface area contributed by atoms with Crippen LogP contribution in [0.25, 0.3) is 0 Å². The van der Waals surface area contributed by atoms with Gasteiger partial charge in [0.15, 0.2) is 18.1 Å². The van der Waals surface area contributed by atoms with Crippen LogP contribution in [0.1, 0.15) is 15.9 Å². The number of rotatable bonds is 10. The third-order valence-electron chi connectivity index (χ3n) is 4.58. The Morgan fingerprint density at radius 2 is 1.81 bits per heavy atom. The lowest BCUT2D eigenvalue weighted by Crippen LogP contribution is -2.24. The van der Waals surface area contributed by atoms with Gasteiger partial charge in [0.25, 0.3) is 11.6 Å². The molecule has 186 valence electrons. The van der Waals surface area contributed by atoms with Crippen LogP contribution in [0.3, 0.4) is 0 Å². The van der Waals surface area contributed by atoms with Gasteiger partial charge in [-0.2, -0.15) is 5.10 Å². The fraction of sp³-hybridized carbons (Fsp3) is 0.125. The van der Waals surface area contributed by atoms with Crippen molar-refractivity contribution in [3.05, 3.63) is 86.4 Å². The third-order valence-corrected chi connectivity index (χ3v) is 5.20. The van der Waals surface area contributed by atoms with Crippen molar-refractivity contribution in [1.82, 2.24) is 5.43 Å². The van der Waals surface area contributed by atoms with Gasteiger partial charge in [-0.3, -0.25) is 14.9 Å². The summed E-state index contributed by atoms with van der Waals surface area (Å²) < 4.78 is 21.5. The predicted molar refractivity (Wildman–Crippen MR) is 133 cm³/mol. The zero-order valence-corrected chi connectivity index (χ0v) is 20.7. The molecule has 0 bridgehead atoms. The summed E-state index contributed by atoms with van der Waals surface area (Å²) in [5, 5.41) is 14.6. The van der Waals surface area contributed by atoms with Crippen molar-refractivity contribution in [2.45, 2.75) is 0 Å². The van der Waals surface area contributed by atoms with E-state index < -0.39 is 16.8 Å². The number of esters is 1. The van der Waals surface area contributed by atoms with Crippen LogP contribution in [-0.2, 0) is 4.79 Å². The van der Waals surface area contributed by atoms with Crippen molar-refractivity contribution in [2.75, 3.05) is 20.8 Å². The minimum absolute atomic E-state index is 0.111. The molecule has 3 rings (SSSR count). The highest BCUT2D eigenvalue weighted by Gasteiger charge is 2.14. The maximum absolute atomic E-state index is 12.5. The van der Waals surface area contributed by atoms with Crippen molar-refractivity contribution >= 4 is 39.7 Å². The lowest BCUT2D eigenvalue weighted by Gasteiger charge is -2.10. The molecule has 0 aromatic heterocycles. The van der Waals surface area contributed by atoms with Gasteiger partial charge in [0.05, 0.1) is 35.4 Å². The quantitative estimate of drug-likeness (QED) is 0.129. The molecule has 0 aliphatic heterocycles. The summed E-state index contributed by atoms with van der Waals surface area (Å²) in [5.41, 5.74) is 3.07. The summed E-state index contributed by atoms with van der Waals surface area (Å²) in [6.07, 6.45) is 1.37. The number of hydrogen-bond donors (Lipinski definition) is 1. The molecule has 0 fully saturated rings. The van der Waals surface area contributed by atoms with E-state index in [0.717, 1.165) is 0 Å². The van der Waals surface area contributed by atoms with Crippen LogP contribution in [0.4, 0.5) is 5.69 Å². The molecule has 0 spiro atoms. The monoisotopic (exact) mass is 557 g/mol. The first-order valence-corrected chi connectivity index (χ1v) is 11.0. The Kier molecular flexibility index (Phi) is 8.95. The van der Waals surface area contributed by atoms with Crippen molar-refractivity contribution in [3.63, 3.8) is 0 Å². The maximum atomic E-state index is 12.5. The molecule has 1 N–H and O–H groups in total. The number of nitro benzene ring substituents is 1. The second-order valence-electron chi connectivity index (χ2n) is 6.99. The Balaban J connectivity index is 1.57. The zero-order chi connectivity index (χ0) is 26.1. The fourth-order valence-electron chi connectivity index (χ4n) is 2.83. The van der Waals surface area contributed by atoms with Gasteiger partial charge in [0.2, 0.25) is 0 Å². The normalized spacial score (nSPS) is 10.5. The van der Waals surface area contributed by atoms with Gasteiger partial charge in [0.1, 0.15) is 11.5 Å². The number of hydrogen-bond acceptors (Lipinski definition) is 9. The molecule has 0 saturated heterocycles. The van der Waals surface area contributed by atoms with Crippen molar-refractivity contribution in [2.24, 2.45) is 5.10 Å². The van der Waals surface area contributed by atoms with Gasteiger partial charge in [-0.25, -0.2) is 10.2 Å². The van der Waals surface area contributed by atoms with Crippen molar-refractivity contribution < 1.29 is 33.5 Å². The van der Waals surface area contributed by atoms with Gasteiger partial charge in [-0.15, -0.1) is 0 Å². The van der Waals surface area contributed by atoms with E-state index in [1.165, 1.54) is 44.7 Å². The van der Waals surface area contributed by atoms with Crippen LogP contribution >= 0.6 is 15.9 Å². The van der Waals surface area contributed by atoms with Crippen LogP contribution in [0.15, 0.2) is 70.2 Å². The highest BCUT2D eigenvalue weighted by Crippen LogP contribution is 2.30. The largest absolute Gasteiger partial charge is 0.497 e. The van der Waals surface area contributed by atoms with Gasteiger partial charge < -0.3 is 18.9 Å². The molecule has 3 aromatic carbocycles. The van der Waals surface area contributed by atoms with Gasteiger partial charge in [-0.05, 0) is 64.0 Å². The molecular weight excluding hydrogens is 538 g/mol. The molecule has 0 unspecified atom stereocenters. The summed E-state index contributed by atoms with van der Waals surface area (Å²) in [4.78, 5) is 34.7. The third kappa shape index (κ3) is 7.03. The second kappa shape index (κ2) is 12.3. The average Bonchev–Trinajstić information content (AvgIpc) is 2.88. The van der Waals surface area contributed by atoms with Crippen LogP contribution in [0.5, 0.6) is 23.0 Å². The van der Waals surface area contributed by atoms with E-state index in [1.54, 1.807) is 36.4 Å². The van der Waals surface area contributed by atoms with Crippen LogP contribution in [0.2, 0.25) is 0 Å². The highest BCUT2D eigenvalue weighted by molar-refractivity contribution is 9.10. The topological polar surface area (TPSA) is 139 Å². The van der Waals surface area contributed by atoms with E-state index in [1.807, 2.05) is 0 Å². The molecular formula is C24H20BrN3O8. The number of hydrazone groups is 1. The Bertz CT molecular complexity index is 1310. The number of nitrogens with zero attached hydrogens (tertiary/aromatic N) is 2. The number of carbonyl (C=O) groups is 2. The van der Waals surface area contributed by atoms with Crippen LogP contribution in [-0.4, -0.2) is 43.8 Å². The number of methoxy groups -OCH3 is 2. The first kappa shape index (κ1) is 26.2. The minimum Gasteiger partial charge on any atom is -0.497 e. The standard InChI is InChI=1S/C24H20BrN3O8/c1-33-18-5-3-4-16(11-18)24(30)36-21-8-6-15(10-22(21)34-2)13-26-27-23(29)14-35-20-9-7-17(28(31)32)12-19(20)25/h3-13H,14H2,1-2H3,(H,27,29)/b26-13+. The summed E-state index contributed by atoms with van der Waals surface area (Å²) in [6, 6.07) is 15.2. The molecule has 11 nitrogen and oxygen atoms in total. The number of halogens is 1. The summed E-state index contributed by atoms with van der Waals surface area (Å²) in [5.74, 6) is 0.147. The molecule has 0 aliphatic carbocycles. The van der Waals surface area contributed by atoms with Gasteiger partial charge >= 0.3 is 5.97 Å². The van der Waals surface area contributed by atoms with Gasteiger partial charge in [0, 0.05) is 12.1 Å². The van der Waals surface area contributed by atoms with E-state index in [4.69, 9.17) is 18.9 Å². The maximum Gasteiger partial charge on any atom is 0.343 e. The van der Waals surface area contributed by atoms with E-state index in [-0.39, 0.29) is 29.5 Å². The molecule has 36 heavy (non-hydrogen) atoms. The number of nitro groups is 1. The molecule has 12 heteroatoms. The van der Waals surface area contributed by atoms with E-state index >= 15 is 0 Å². The van der Waals surface area contributed by atoms with Crippen LogP contribution in [0, 0.1) is 10.1 Å². The molecule has 0 heterocycles. The fourth-order valence-corrected chi connectivity index (χ4v) is 3.31. The molecule has 0 aliphatic rings. The first-order chi connectivity index (χ1) is 17.3. The smallest absolute Gasteiger partial charge is 0.343 e. The van der Waals surface area contributed by atoms with Crippen molar-refractivity contribution in [1.29, 1.82) is 0 Å². The number of ether oxygens (including phenoxy) is 4. The summed E-state index contributed by atoms with van der Waals surface area (Å²) in [7, 11) is 2.93. The number of carbonyl (C=O) groups excluding carboxylic acids is 2. The highest BCUT2D eigenvalue weighted by atomic mass is 79.9. The van der Waals surface area contributed by atoms with Crippen LogP contribution < -0.4 is 24.4 Å². The zero-order valence-electron chi connectivity index (χ0n) is 19.1. The SMILES string of the molecule is COc1cccc(C(=O)Oc2ccc(/C=N/NC(=O)COc3ccc([N+](=O)[O-])cc3Br)cc2OC)c1. The molecule has 3 aromatic rings. The minimum atomic E-state index is -0.583. The van der Waals surface area contributed by atoms with Gasteiger partial charge in [-0.1, -0.05) is 6.07 Å². The van der Waals surface area contributed by atoms with E-state index in [9.17, 15) is 19.7 Å². The number of nitrogens with one attached hydrogen (secondary N) is 1. The van der Waals surface area contributed by atoms with E-state index in [2.05, 4.69) is 26.5 Å². The second-order valence-corrected chi connectivity index (χ2v) is 7.84. The first-order valence-electron chi connectivity index (χ1n) is 10.2. The Morgan fingerprint density at radius 3 is 2.50 bits per heavy atom. The Morgan fingerprint density at radius 1 is 1.03 bits per heavy atom. The number of amides is 1.